The zero-order valence-corrected chi connectivity index (χ0v) is 18.3. The van der Waals surface area contributed by atoms with Crippen molar-refractivity contribution in [3.63, 3.8) is 0 Å². The fraction of sp³-hybridized carbons (Fsp3) is 0.458. The number of halogens is 1. The largest absolute Gasteiger partial charge is 0.337 e. The summed E-state index contributed by atoms with van der Waals surface area (Å²) in [5.41, 5.74) is 2.43. The lowest BCUT2D eigenvalue weighted by atomic mass is 9.94. The van der Waals surface area contributed by atoms with E-state index in [-0.39, 0.29) is 5.92 Å². The van der Waals surface area contributed by atoms with Gasteiger partial charge in [0.05, 0.1) is 0 Å². The van der Waals surface area contributed by atoms with Gasteiger partial charge in [-0.15, -0.1) is 0 Å². The zero-order chi connectivity index (χ0) is 20.6. The predicted molar refractivity (Wildman–Crippen MR) is 120 cm³/mol. The minimum Gasteiger partial charge on any atom is -0.337 e. The summed E-state index contributed by atoms with van der Waals surface area (Å²) in [6.07, 6.45) is 1.85. The Bertz CT molecular complexity index is 773. The van der Waals surface area contributed by atoms with Crippen molar-refractivity contribution in [1.29, 1.82) is 0 Å². The Morgan fingerprint density at radius 2 is 1.69 bits per heavy atom. The molecule has 2 aromatic rings. The molecule has 3 rings (SSSR count). The van der Waals surface area contributed by atoms with Crippen LogP contribution in [0.2, 0.25) is 5.02 Å². The van der Waals surface area contributed by atoms with Gasteiger partial charge in [0.2, 0.25) is 5.91 Å². The molecular formula is C24H32ClN3O. The molecule has 1 aliphatic rings. The van der Waals surface area contributed by atoms with Crippen LogP contribution in [0.5, 0.6) is 0 Å². The summed E-state index contributed by atoms with van der Waals surface area (Å²) in [7, 11) is 4.11. The van der Waals surface area contributed by atoms with E-state index >= 15 is 0 Å². The molecule has 2 aromatic carbocycles. The van der Waals surface area contributed by atoms with E-state index in [0.29, 0.717) is 12.5 Å². The van der Waals surface area contributed by atoms with Crippen LogP contribution in [-0.2, 0) is 17.9 Å². The molecule has 0 unspecified atom stereocenters. The van der Waals surface area contributed by atoms with Crippen LogP contribution >= 0.6 is 11.6 Å². The molecule has 1 fully saturated rings. The SMILES string of the molecule is CN(C)CCN(Cc1ccccc1)C(=O)C1CCN(Cc2cccc(Cl)c2)CC1. The summed E-state index contributed by atoms with van der Waals surface area (Å²) in [6, 6.07) is 18.4. The molecule has 29 heavy (non-hydrogen) atoms. The normalized spacial score (nSPS) is 15.6. The molecule has 0 saturated carbocycles. The third-order valence-corrected chi connectivity index (χ3v) is 5.81. The third kappa shape index (κ3) is 6.84. The Balaban J connectivity index is 1.56. The number of likely N-dealkylation sites (tertiary alicyclic amines) is 1. The van der Waals surface area contributed by atoms with Crippen LogP contribution < -0.4 is 0 Å². The van der Waals surface area contributed by atoms with E-state index in [1.807, 2.05) is 41.3 Å². The number of rotatable bonds is 8. The average molecular weight is 414 g/mol. The molecule has 0 bridgehead atoms. The standard InChI is InChI=1S/C24H32ClN3O/c1-26(2)15-16-28(19-20-7-4-3-5-8-20)24(29)22-11-13-27(14-12-22)18-21-9-6-10-23(25)17-21/h3-10,17,22H,11-16,18-19H2,1-2H3. The molecule has 0 atom stereocenters. The van der Waals surface area contributed by atoms with Crippen molar-refractivity contribution in [2.24, 2.45) is 5.92 Å². The fourth-order valence-electron chi connectivity index (χ4n) is 3.88. The average Bonchev–Trinajstić information content (AvgIpc) is 2.72. The highest BCUT2D eigenvalue weighted by molar-refractivity contribution is 6.30. The lowest BCUT2D eigenvalue weighted by molar-refractivity contribution is -0.138. The molecule has 1 heterocycles. The van der Waals surface area contributed by atoms with Crippen molar-refractivity contribution >= 4 is 17.5 Å². The maximum absolute atomic E-state index is 13.3. The summed E-state index contributed by atoms with van der Waals surface area (Å²) in [5.74, 6) is 0.426. The molecule has 0 radical (unpaired) electrons. The number of piperidine rings is 1. The maximum atomic E-state index is 13.3. The molecule has 156 valence electrons. The Hall–Kier alpha value is -1.88. The predicted octanol–water partition coefficient (Wildman–Crippen LogP) is 4.14. The van der Waals surface area contributed by atoms with Gasteiger partial charge in [-0.2, -0.15) is 0 Å². The number of likely N-dealkylation sites (N-methyl/N-ethyl adjacent to an activating group) is 1. The number of nitrogens with zero attached hydrogens (tertiary/aromatic N) is 3. The molecule has 0 N–H and O–H groups in total. The lowest BCUT2D eigenvalue weighted by Gasteiger charge is -2.34. The van der Waals surface area contributed by atoms with Gasteiger partial charge in [-0.3, -0.25) is 9.69 Å². The Kier molecular flexibility index (Phi) is 8.10. The number of amides is 1. The van der Waals surface area contributed by atoms with E-state index in [0.717, 1.165) is 50.6 Å². The third-order valence-electron chi connectivity index (χ3n) is 5.58. The van der Waals surface area contributed by atoms with Crippen LogP contribution in [0.1, 0.15) is 24.0 Å². The number of hydrogen-bond donors (Lipinski definition) is 0. The summed E-state index contributed by atoms with van der Waals surface area (Å²) in [5, 5.41) is 0.782. The molecule has 4 nitrogen and oxygen atoms in total. The smallest absolute Gasteiger partial charge is 0.226 e. The van der Waals surface area contributed by atoms with E-state index in [4.69, 9.17) is 11.6 Å². The quantitative estimate of drug-likeness (QED) is 0.650. The molecule has 0 spiro atoms. The maximum Gasteiger partial charge on any atom is 0.226 e. The Morgan fingerprint density at radius 1 is 1.00 bits per heavy atom. The second-order valence-corrected chi connectivity index (χ2v) is 8.67. The molecule has 5 heteroatoms. The van der Waals surface area contributed by atoms with Crippen molar-refractivity contribution < 1.29 is 4.79 Å². The number of carbonyl (C=O) groups excluding carboxylic acids is 1. The van der Waals surface area contributed by atoms with Gasteiger partial charge in [0.25, 0.3) is 0 Å². The van der Waals surface area contributed by atoms with Crippen LogP contribution in [0.3, 0.4) is 0 Å². The monoisotopic (exact) mass is 413 g/mol. The Labute approximate surface area is 180 Å². The molecule has 1 amide bonds. The van der Waals surface area contributed by atoms with Crippen molar-refractivity contribution in [3.05, 3.63) is 70.7 Å². The van der Waals surface area contributed by atoms with E-state index in [1.54, 1.807) is 0 Å². The molecule has 1 aliphatic heterocycles. The molecule has 0 aromatic heterocycles. The lowest BCUT2D eigenvalue weighted by Crippen LogP contribution is -2.44. The summed E-state index contributed by atoms with van der Waals surface area (Å²) < 4.78 is 0. The number of benzene rings is 2. The second-order valence-electron chi connectivity index (χ2n) is 8.23. The summed E-state index contributed by atoms with van der Waals surface area (Å²) in [6.45, 7) is 5.15. The zero-order valence-electron chi connectivity index (χ0n) is 17.6. The molecule has 1 saturated heterocycles. The highest BCUT2D eigenvalue weighted by Gasteiger charge is 2.28. The van der Waals surface area contributed by atoms with Crippen molar-refractivity contribution in [1.82, 2.24) is 14.7 Å². The van der Waals surface area contributed by atoms with Crippen LogP contribution in [0, 0.1) is 5.92 Å². The van der Waals surface area contributed by atoms with Gasteiger partial charge in [-0.05, 0) is 63.3 Å². The first-order valence-electron chi connectivity index (χ1n) is 10.5. The topological polar surface area (TPSA) is 26.8 Å². The Morgan fingerprint density at radius 3 is 2.34 bits per heavy atom. The van der Waals surface area contributed by atoms with Crippen molar-refractivity contribution in [3.8, 4) is 0 Å². The first-order chi connectivity index (χ1) is 14.0. The van der Waals surface area contributed by atoms with E-state index in [1.165, 1.54) is 11.1 Å². The van der Waals surface area contributed by atoms with Gasteiger partial charge in [0.15, 0.2) is 0 Å². The van der Waals surface area contributed by atoms with Crippen molar-refractivity contribution in [2.45, 2.75) is 25.9 Å². The van der Waals surface area contributed by atoms with Crippen molar-refractivity contribution in [2.75, 3.05) is 40.3 Å². The van der Waals surface area contributed by atoms with E-state index in [2.05, 4.69) is 42.1 Å². The van der Waals surface area contributed by atoms with Gasteiger partial charge in [-0.1, -0.05) is 54.1 Å². The minimum absolute atomic E-state index is 0.122. The molecule has 0 aliphatic carbocycles. The number of hydrogen-bond acceptors (Lipinski definition) is 3. The fourth-order valence-corrected chi connectivity index (χ4v) is 4.09. The van der Waals surface area contributed by atoms with E-state index < -0.39 is 0 Å². The van der Waals surface area contributed by atoms with Crippen LogP contribution in [0.25, 0.3) is 0 Å². The van der Waals surface area contributed by atoms with Crippen LogP contribution in [0.15, 0.2) is 54.6 Å². The van der Waals surface area contributed by atoms with E-state index in [9.17, 15) is 4.79 Å². The summed E-state index contributed by atoms with van der Waals surface area (Å²) >= 11 is 6.11. The second kappa shape index (κ2) is 10.8. The van der Waals surface area contributed by atoms with Gasteiger partial charge in [0, 0.05) is 37.1 Å². The highest BCUT2D eigenvalue weighted by Crippen LogP contribution is 2.23. The first kappa shape index (κ1) is 21.8. The van der Waals surface area contributed by atoms with Gasteiger partial charge in [-0.25, -0.2) is 0 Å². The van der Waals surface area contributed by atoms with Gasteiger partial charge in [0.1, 0.15) is 0 Å². The van der Waals surface area contributed by atoms with Crippen LogP contribution in [0.4, 0.5) is 0 Å². The number of carbonyl (C=O) groups is 1. The van der Waals surface area contributed by atoms with Gasteiger partial charge >= 0.3 is 0 Å². The van der Waals surface area contributed by atoms with Gasteiger partial charge < -0.3 is 9.80 Å². The minimum atomic E-state index is 0.122. The molecular weight excluding hydrogens is 382 g/mol. The first-order valence-corrected chi connectivity index (χ1v) is 10.8. The highest BCUT2D eigenvalue weighted by atomic mass is 35.5. The summed E-state index contributed by atoms with van der Waals surface area (Å²) in [4.78, 5) is 19.9. The van der Waals surface area contributed by atoms with Crippen LogP contribution in [-0.4, -0.2) is 60.9 Å².